The highest BCUT2D eigenvalue weighted by molar-refractivity contribution is 5.90. The molecule has 6 nitrogen and oxygen atoms in total. The summed E-state index contributed by atoms with van der Waals surface area (Å²) in [5, 5.41) is 13.7. The van der Waals surface area contributed by atoms with E-state index in [1.165, 1.54) is 18.2 Å². The average molecular weight is 359 g/mol. The van der Waals surface area contributed by atoms with Crippen molar-refractivity contribution in [2.75, 3.05) is 18.4 Å². The molecule has 0 spiro atoms. The smallest absolute Gasteiger partial charge is 0.418 e. The molecule has 2 amide bonds. The molecule has 9 heteroatoms. The molecule has 1 fully saturated rings. The highest BCUT2D eigenvalue weighted by Gasteiger charge is 2.36. The van der Waals surface area contributed by atoms with E-state index < -0.39 is 23.7 Å². The van der Waals surface area contributed by atoms with E-state index in [1.807, 2.05) is 6.92 Å². The second-order valence-electron chi connectivity index (χ2n) is 5.92. The molecule has 0 radical (unpaired) electrons. The molecule has 0 bridgehead atoms. The minimum Gasteiger partial charge on any atom is -0.480 e. The van der Waals surface area contributed by atoms with E-state index in [4.69, 9.17) is 5.11 Å². The van der Waals surface area contributed by atoms with Gasteiger partial charge in [0.2, 0.25) is 0 Å². The number of carboxylic acids is 1. The Kier molecular flexibility index (Phi) is 5.89. The number of urea groups is 1. The highest BCUT2D eigenvalue weighted by atomic mass is 19.4. The van der Waals surface area contributed by atoms with Gasteiger partial charge in [0.1, 0.15) is 0 Å². The lowest BCUT2D eigenvalue weighted by molar-refractivity contribution is -0.139. The zero-order valence-corrected chi connectivity index (χ0v) is 13.6. The number of anilines is 1. The Morgan fingerprint density at radius 3 is 2.48 bits per heavy atom. The normalized spacial score (nSPS) is 20.0. The summed E-state index contributed by atoms with van der Waals surface area (Å²) < 4.78 is 38.7. The van der Waals surface area contributed by atoms with Gasteiger partial charge in [0.05, 0.1) is 17.8 Å². The van der Waals surface area contributed by atoms with Crippen LogP contribution < -0.4 is 10.6 Å². The van der Waals surface area contributed by atoms with Crippen molar-refractivity contribution in [1.29, 1.82) is 0 Å². The van der Waals surface area contributed by atoms with Gasteiger partial charge in [0.25, 0.3) is 0 Å². The summed E-state index contributed by atoms with van der Waals surface area (Å²) in [4.78, 5) is 24.5. The van der Waals surface area contributed by atoms with E-state index >= 15 is 0 Å². The predicted molar refractivity (Wildman–Crippen MR) is 85.3 cm³/mol. The van der Waals surface area contributed by atoms with Crippen LogP contribution in [0.5, 0.6) is 0 Å². The number of rotatable bonds is 6. The van der Waals surface area contributed by atoms with Gasteiger partial charge < -0.3 is 15.7 Å². The van der Waals surface area contributed by atoms with Crippen molar-refractivity contribution < 1.29 is 27.9 Å². The van der Waals surface area contributed by atoms with Gasteiger partial charge in [-0.1, -0.05) is 19.1 Å². The number of nitrogens with one attached hydrogen (secondary N) is 2. The van der Waals surface area contributed by atoms with Crippen LogP contribution in [0, 0.1) is 0 Å². The molecule has 0 atom stereocenters. The van der Waals surface area contributed by atoms with E-state index in [-0.39, 0.29) is 24.3 Å². The predicted octanol–water partition coefficient (Wildman–Crippen LogP) is 2.76. The molecule has 0 heterocycles. The third kappa shape index (κ3) is 5.09. The second-order valence-corrected chi connectivity index (χ2v) is 5.92. The molecule has 1 aliphatic carbocycles. The average Bonchev–Trinajstić information content (AvgIpc) is 2.47. The summed E-state index contributed by atoms with van der Waals surface area (Å²) >= 11 is 0. The largest absolute Gasteiger partial charge is 0.480 e. The standard InChI is InChI=1S/C16H20F3N3O3/c1-2-22(9-14(23)24)11-7-10(8-11)20-15(25)21-13-6-4-3-5-12(13)16(17,18)19/h3-6,10-11H,2,7-9H2,1H3,(H,23,24)(H2,20,21,25). The van der Waals surface area contributed by atoms with Gasteiger partial charge in [0.15, 0.2) is 0 Å². The van der Waals surface area contributed by atoms with E-state index in [2.05, 4.69) is 10.6 Å². The number of carboxylic acid groups (broad SMARTS) is 1. The maximum absolute atomic E-state index is 12.9. The number of halogens is 3. The number of carbonyl (C=O) groups is 2. The number of hydrogen-bond donors (Lipinski definition) is 3. The molecule has 1 aromatic rings. The Hall–Kier alpha value is -2.29. The number of amides is 2. The second kappa shape index (κ2) is 7.73. The highest BCUT2D eigenvalue weighted by Crippen LogP contribution is 2.34. The Labute approximate surface area is 143 Å². The van der Waals surface area contributed by atoms with E-state index in [0.29, 0.717) is 19.4 Å². The first-order chi connectivity index (χ1) is 11.7. The number of aliphatic carboxylic acids is 1. The van der Waals surface area contributed by atoms with Gasteiger partial charge >= 0.3 is 18.2 Å². The number of carbonyl (C=O) groups excluding carboxylic acids is 1. The summed E-state index contributed by atoms with van der Waals surface area (Å²) in [6.45, 7) is 2.36. The first kappa shape index (κ1) is 19.0. The molecule has 1 aliphatic rings. The van der Waals surface area contributed by atoms with Gasteiger partial charge in [0, 0.05) is 12.1 Å². The van der Waals surface area contributed by atoms with Crippen LogP contribution in [0.3, 0.4) is 0 Å². The molecule has 2 rings (SSSR count). The van der Waals surface area contributed by atoms with Gasteiger partial charge in [-0.05, 0) is 31.5 Å². The van der Waals surface area contributed by atoms with Crippen LogP contribution >= 0.6 is 0 Å². The maximum Gasteiger partial charge on any atom is 0.418 e. The van der Waals surface area contributed by atoms with Gasteiger partial charge in [-0.15, -0.1) is 0 Å². The van der Waals surface area contributed by atoms with Crippen LogP contribution in [0.25, 0.3) is 0 Å². The van der Waals surface area contributed by atoms with Crippen LogP contribution in [-0.4, -0.2) is 47.2 Å². The summed E-state index contributed by atoms with van der Waals surface area (Å²) in [7, 11) is 0. The minimum absolute atomic E-state index is 0.0499. The summed E-state index contributed by atoms with van der Waals surface area (Å²) in [6.07, 6.45) is -3.42. The lowest BCUT2D eigenvalue weighted by Gasteiger charge is -2.42. The Morgan fingerprint density at radius 2 is 1.92 bits per heavy atom. The third-order valence-electron chi connectivity index (χ3n) is 4.19. The zero-order chi connectivity index (χ0) is 18.6. The lowest BCUT2D eigenvalue weighted by Crippen LogP contribution is -2.55. The third-order valence-corrected chi connectivity index (χ3v) is 4.19. The van der Waals surface area contributed by atoms with Crippen LogP contribution in [0.4, 0.5) is 23.7 Å². The molecule has 0 aliphatic heterocycles. The summed E-state index contributed by atoms with van der Waals surface area (Å²) in [5.74, 6) is -0.917. The molecule has 3 N–H and O–H groups in total. The zero-order valence-electron chi connectivity index (χ0n) is 13.6. The number of benzene rings is 1. The van der Waals surface area contributed by atoms with Crippen molar-refractivity contribution in [3.05, 3.63) is 29.8 Å². The molecule has 138 valence electrons. The Balaban J connectivity index is 1.86. The molecular weight excluding hydrogens is 339 g/mol. The number of likely N-dealkylation sites (N-methyl/N-ethyl adjacent to an activating group) is 1. The first-order valence-corrected chi connectivity index (χ1v) is 7.90. The molecule has 0 aromatic heterocycles. The van der Waals surface area contributed by atoms with Crippen molar-refractivity contribution in [1.82, 2.24) is 10.2 Å². The number of para-hydroxylation sites is 1. The fraction of sp³-hybridized carbons (Fsp3) is 0.500. The van der Waals surface area contributed by atoms with E-state index in [0.717, 1.165) is 6.07 Å². The van der Waals surface area contributed by atoms with Gasteiger partial charge in [-0.2, -0.15) is 13.2 Å². The molecule has 0 saturated heterocycles. The van der Waals surface area contributed by atoms with Crippen molar-refractivity contribution in [2.45, 2.75) is 38.0 Å². The van der Waals surface area contributed by atoms with Crippen LogP contribution in [0.2, 0.25) is 0 Å². The SMILES string of the molecule is CCN(CC(=O)O)C1CC(NC(=O)Nc2ccccc2C(F)(F)F)C1. The van der Waals surface area contributed by atoms with Crippen LogP contribution in [0.15, 0.2) is 24.3 Å². The quantitative estimate of drug-likeness (QED) is 0.730. The lowest BCUT2D eigenvalue weighted by atomic mass is 9.85. The number of hydrogen-bond acceptors (Lipinski definition) is 3. The number of alkyl halides is 3. The maximum atomic E-state index is 12.9. The minimum atomic E-state index is -4.55. The topological polar surface area (TPSA) is 81.7 Å². The van der Waals surface area contributed by atoms with Crippen molar-refractivity contribution in [3.63, 3.8) is 0 Å². The van der Waals surface area contributed by atoms with Crippen molar-refractivity contribution >= 4 is 17.7 Å². The van der Waals surface area contributed by atoms with Crippen LogP contribution in [0.1, 0.15) is 25.3 Å². The summed E-state index contributed by atoms with van der Waals surface area (Å²) in [6, 6.07) is 3.91. The number of nitrogens with zero attached hydrogens (tertiary/aromatic N) is 1. The molecular formula is C16H20F3N3O3. The molecule has 25 heavy (non-hydrogen) atoms. The molecule has 0 unspecified atom stereocenters. The Morgan fingerprint density at radius 1 is 1.28 bits per heavy atom. The fourth-order valence-electron chi connectivity index (χ4n) is 2.86. The van der Waals surface area contributed by atoms with Crippen molar-refractivity contribution in [3.8, 4) is 0 Å². The first-order valence-electron chi connectivity index (χ1n) is 7.90. The van der Waals surface area contributed by atoms with Gasteiger partial charge in [-0.25, -0.2) is 4.79 Å². The van der Waals surface area contributed by atoms with E-state index in [9.17, 15) is 22.8 Å². The van der Waals surface area contributed by atoms with Crippen LogP contribution in [-0.2, 0) is 11.0 Å². The molecule has 1 saturated carbocycles. The van der Waals surface area contributed by atoms with E-state index in [1.54, 1.807) is 4.90 Å². The fourth-order valence-corrected chi connectivity index (χ4v) is 2.86. The Bertz CT molecular complexity index is 631. The van der Waals surface area contributed by atoms with Crippen molar-refractivity contribution in [2.24, 2.45) is 0 Å². The molecule has 1 aromatic carbocycles. The summed E-state index contributed by atoms with van der Waals surface area (Å²) in [5.41, 5.74) is -1.21. The van der Waals surface area contributed by atoms with Gasteiger partial charge in [-0.3, -0.25) is 9.69 Å². The monoisotopic (exact) mass is 359 g/mol.